The van der Waals surface area contributed by atoms with Gasteiger partial charge in [-0.3, -0.25) is 4.79 Å². The molecule has 0 saturated carbocycles. The molecule has 0 fully saturated rings. The van der Waals surface area contributed by atoms with Crippen molar-refractivity contribution in [1.29, 1.82) is 0 Å². The summed E-state index contributed by atoms with van der Waals surface area (Å²) in [5.74, 6) is -1.26. The lowest BCUT2D eigenvalue weighted by Crippen LogP contribution is -2.27. The molecule has 0 bridgehead atoms. The van der Waals surface area contributed by atoms with Crippen LogP contribution < -0.4 is 5.32 Å². The molecule has 6 heteroatoms. The van der Waals surface area contributed by atoms with Gasteiger partial charge < -0.3 is 9.73 Å². The van der Waals surface area contributed by atoms with Gasteiger partial charge in [0.1, 0.15) is 11.3 Å². The monoisotopic (exact) mass is 347 g/mol. The Labute approximate surface area is 142 Å². The number of para-hydroxylation sites is 1. The maximum Gasteiger partial charge on any atom is 0.230 e. The number of amides is 1. The highest BCUT2D eigenvalue weighted by Gasteiger charge is 2.14. The zero-order valence-electron chi connectivity index (χ0n) is 12.9. The Kier molecular flexibility index (Phi) is 4.85. The van der Waals surface area contributed by atoms with Crippen molar-refractivity contribution in [2.24, 2.45) is 0 Å². The molecule has 2 aromatic carbocycles. The number of benzene rings is 2. The Hall–Kier alpha value is -2.34. The Bertz CT molecular complexity index is 845. The molecule has 1 atom stereocenters. The zero-order chi connectivity index (χ0) is 17.1. The van der Waals surface area contributed by atoms with Crippen LogP contribution in [0.5, 0.6) is 0 Å². The van der Waals surface area contributed by atoms with Crippen molar-refractivity contribution in [3.8, 4) is 0 Å². The number of carbonyl (C=O) groups excluding carboxylic acids is 1. The van der Waals surface area contributed by atoms with Gasteiger partial charge in [0.25, 0.3) is 0 Å². The average molecular weight is 347 g/mol. The van der Waals surface area contributed by atoms with Crippen molar-refractivity contribution < 1.29 is 18.0 Å². The van der Waals surface area contributed by atoms with Gasteiger partial charge in [0.15, 0.2) is 11.6 Å². The second kappa shape index (κ2) is 7.05. The van der Waals surface area contributed by atoms with Crippen LogP contribution in [0.15, 0.2) is 57.8 Å². The molecule has 24 heavy (non-hydrogen) atoms. The molecular formula is C18H15F2NO2S. The number of carbonyl (C=O) groups is 1. The number of nitrogens with one attached hydrogen (secondary N) is 1. The van der Waals surface area contributed by atoms with Crippen LogP contribution in [-0.4, -0.2) is 11.7 Å². The molecule has 0 radical (unpaired) electrons. The van der Waals surface area contributed by atoms with Crippen molar-refractivity contribution in [3.63, 3.8) is 0 Å². The van der Waals surface area contributed by atoms with Crippen LogP contribution in [0.1, 0.15) is 18.7 Å². The molecule has 0 aliphatic carbocycles. The highest BCUT2D eigenvalue weighted by atomic mass is 32.2. The first-order valence-corrected chi connectivity index (χ1v) is 8.37. The number of hydrogen-bond acceptors (Lipinski definition) is 3. The number of hydrogen-bond donors (Lipinski definition) is 1. The fraction of sp³-hybridized carbons (Fsp3) is 0.167. The first kappa shape index (κ1) is 16.5. The van der Waals surface area contributed by atoms with Gasteiger partial charge in [0.05, 0.1) is 11.8 Å². The molecule has 0 aliphatic rings. The molecule has 3 aromatic rings. The Morgan fingerprint density at radius 3 is 2.71 bits per heavy atom. The van der Waals surface area contributed by atoms with Gasteiger partial charge in [0, 0.05) is 10.3 Å². The van der Waals surface area contributed by atoms with Crippen molar-refractivity contribution >= 4 is 28.6 Å². The minimum absolute atomic E-state index is 0.107. The summed E-state index contributed by atoms with van der Waals surface area (Å²) in [5.41, 5.74) is 0.768. The van der Waals surface area contributed by atoms with E-state index >= 15 is 0 Å². The molecule has 0 spiro atoms. The van der Waals surface area contributed by atoms with Crippen LogP contribution in [0.3, 0.4) is 0 Å². The van der Waals surface area contributed by atoms with Gasteiger partial charge in [-0.15, -0.1) is 11.8 Å². The van der Waals surface area contributed by atoms with Crippen molar-refractivity contribution in [1.82, 2.24) is 5.32 Å². The molecule has 1 aromatic heterocycles. The van der Waals surface area contributed by atoms with E-state index in [-0.39, 0.29) is 17.7 Å². The van der Waals surface area contributed by atoms with Gasteiger partial charge >= 0.3 is 0 Å². The SMILES string of the molecule is C[C@@H](NC(=O)CSc1ccc(F)c(F)c1)c1cc2ccccc2o1. The molecule has 1 amide bonds. The quantitative estimate of drug-likeness (QED) is 0.682. The molecule has 1 heterocycles. The standard InChI is InChI=1S/C18H15F2NO2S/c1-11(17-8-12-4-2-3-5-16(12)23-17)21-18(22)10-24-13-6-7-14(19)15(20)9-13/h2-9,11H,10H2,1H3,(H,21,22)/t11-/m1/s1. The first-order valence-electron chi connectivity index (χ1n) is 7.38. The maximum absolute atomic E-state index is 13.1. The molecule has 0 unspecified atom stereocenters. The summed E-state index contributed by atoms with van der Waals surface area (Å²) in [4.78, 5) is 12.5. The summed E-state index contributed by atoms with van der Waals surface area (Å²) in [5, 5.41) is 3.81. The highest BCUT2D eigenvalue weighted by molar-refractivity contribution is 8.00. The van der Waals surface area contributed by atoms with Crippen LogP contribution in [0.25, 0.3) is 11.0 Å². The normalized spacial score (nSPS) is 12.3. The van der Waals surface area contributed by atoms with E-state index in [1.54, 1.807) is 0 Å². The fourth-order valence-corrected chi connectivity index (χ4v) is 3.02. The van der Waals surface area contributed by atoms with Gasteiger partial charge in [-0.05, 0) is 37.3 Å². The Balaban J connectivity index is 1.58. The van der Waals surface area contributed by atoms with E-state index < -0.39 is 11.6 Å². The number of thioether (sulfide) groups is 1. The summed E-state index contributed by atoms with van der Waals surface area (Å²) in [6.07, 6.45) is 0. The van der Waals surface area contributed by atoms with Crippen LogP contribution in [-0.2, 0) is 4.79 Å². The molecule has 0 aliphatic heterocycles. The number of furan rings is 1. The van der Waals surface area contributed by atoms with E-state index in [2.05, 4.69) is 5.32 Å². The first-order chi connectivity index (χ1) is 11.5. The van der Waals surface area contributed by atoms with Gasteiger partial charge in [0.2, 0.25) is 5.91 Å². The van der Waals surface area contributed by atoms with Crippen LogP contribution in [0.2, 0.25) is 0 Å². The largest absolute Gasteiger partial charge is 0.459 e. The van der Waals surface area contributed by atoms with E-state index in [9.17, 15) is 13.6 Å². The Morgan fingerprint density at radius 2 is 1.96 bits per heavy atom. The van der Waals surface area contributed by atoms with Crippen LogP contribution in [0.4, 0.5) is 8.78 Å². The average Bonchev–Trinajstić information content (AvgIpc) is 3.00. The smallest absolute Gasteiger partial charge is 0.230 e. The zero-order valence-corrected chi connectivity index (χ0v) is 13.7. The molecule has 3 rings (SSSR count). The molecule has 3 nitrogen and oxygen atoms in total. The lowest BCUT2D eigenvalue weighted by molar-refractivity contribution is -0.119. The maximum atomic E-state index is 13.1. The molecular weight excluding hydrogens is 332 g/mol. The van der Waals surface area contributed by atoms with Crippen LogP contribution >= 0.6 is 11.8 Å². The number of rotatable bonds is 5. The van der Waals surface area contributed by atoms with Crippen molar-refractivity contribution in [3.05, 3.63) is 65.9 Å². The van der Waals surface area contributed by atoms with Gasteiger partial charge in [-0.1, -0.05) is 18.2 Å². The second-order valence-corrected chi connectivity index (χ2v) is 6.39. The highest BCUT2D eigenvalue weighted by Crippen LogP contribution is 2.24. The third-order valence-corrected chi connectivity index (χ3v) is 4.50. The van der Waals surface area contributed by atoms with E-state index in [0.29, 0.717) is 10.7 Å². The third-order valence-electron chi connectivity index (χ3n) is 3.51. The van der Waals surface area contributed by atoms with Crippen molar-refractivity contribution in [2.75, 3.05) is 5.75 Å². The lowest BCUT2D eigenvalue weighted by atomic mass is 10.2. The van der Waals surface area contributed by atoms with E-state index in [0.717, 1.165) is 34.9 Å². The summed E-state index contributed by atoms with van der Waals surface area (Å²) in [6, 6.07) is 12.8. The summed E-state index contributed by atoms with van der Waals surface area (Å²) in [7, 11) is 0. The number of halogens is 2. The predicted octanol–water partition coefficient (Wildman–Crippen LogP) is 4.68. The van der Waals surface area contributed by atoms with Crippen molar-refractivity contribution in [2.45, 2.75) is 17.9 Å². The second-order valence-electron chi connectivity index (χ2n) is 5.34. The number of fused-ring (bicyclic) bond motifs is 1. The van der Waals surface area contributed by atoms with E-state index in [1.165, 1.54) is 6.07 Å². The minimum Gasteiger partial charge on any atom is -0.459 e. The topological polar surface area (TPSA) is 42.2 Å². The fourth-order valence-electron chi connectivity index (χ4n) is 2.29. The lowest BCUT2D eigenvalue weighted by Gasteiger charge is -2.11. The predicted molar refractivity (Wildman–Crippen MR) is 89.9 cm³/mol. The molecule has 1 N–H and O–H groups in total. The van der Waals surface area contributed by atoms with Crippen LogP contribution in [0, 0.1) is 11.6 Å². The molecule has 0 saturated heterocycles. The van der Waals surface area contributed by atoms with E-state index in [1.807, 2.05) is 37.3 Å². The minimum atomic E-state index is -0.920. The third kappa shape index (κ3) is 3.76. The van der Waals surface area contributed by atoms with Gasteiger partial charge in [-0.25, -0.2) is 8.78 Å². The summed E-state index contributed by atoms with van der Waals surface area (Å²) >= 11 is 1.14. The Morgan fingerprint density at radius 1 is 1.17 bits per heavy atom. The summed E-state index contributed by atoms with van der Waals surface area (Å²) in [6.45, 7) is 1.83. The summed E-state index contributed by atoms with van der Waals surface area (Å²) < 4.78 is 31.7. The molecule has 124 valence electrons. The van der Waals surface area contributed by atoms with Gasteiger partial charge in [-0.2, -0.15) is 0 Å². The van der Waals surface area contributed by atoms with E-state index in [4.69, 9.17) is 4.42 Å².